The highest BCUT2D eigenvalue weighted by Gasteiger charge is 2.16. The maximum absolute atomic E-state index is 13.5. The molecule has 0 radical (unpaired) electrons. The number of aryl methyl sites for hydroxylation is 1. The van der Waals surface area contributed by atoms with Crippen LogP contribution in [0.25, 0.3) is 33.0 Å². The predicted molar refractivity (Wildman–Crippen MR) is 121 cm³/mol. The van der Waals surface area contributed by atoms with Gasteiger partial charge in [0.1, 0.15) is 17.3 Å². The molecule has 0 aliphatic heterocycles. The van der Waals surface area contributed by atoms with Gasteiger partial charge in [-0.3, -0.25) is 9.48 Å². The fourth-order valence-corrected chi connectivity index (χ4v) is 3.51. The molecule has 0 atom stereocenters. The first-order valence-corrected chi connectivity index (χ1v) is 10.1. The van der Waals surface area contributed by atoms with Crippen molar-refractivity contribution in [2.45, 2.75) is 0 Å². The zero-order valence-corrected chi connectivity index (χ0v) is 17.7. The van der Waals surface area contributed by atoms with Crippen LogP contribution < -0.4 is 5.32 Å². The van der Waals surface area contributed by atoms with Gasteiger partial charge < -0.3 is 5.32 Å². The first kappa shape index (κ1) is 21.0. The van der Waals surface area contributed by atoms with Gasteiger partial charge in [0.25, 0.3) is 5.91 Å². The number of halogens is 2. The van der Waals surface area contributed by atoms with Gasteiger partial charge in [0.2, 0.25) is 5.69 Å². The number of nitrogens with zero attached hydrogens (tertiary/aromatic N) is 6. The van der Waals surface area contributed by atoms with Crippen LogP contribution in [-0.2, 0) is 7.05 Å². The van der Waals surface area contributed by atoms with E-state index in [0.717, 1.165) is 17.2 Å². The normalized spacial score (nSPS) is 10.9. The highest BCUT2D eigenvalue weighted by Crippen LogP contribution is 2.30. The molecule has 0 aliphatic rings. The zero-order valence-electron chi connectivity index (χ0n) is 17.7. The Bertz CT molecular complexity index is 1600. The van der Waals surface area contributed by atoms with Crippen LogP contribution in [0.3, 0.4) is 0 Å². The van der Waals surface area contributed by atoms with E-state index >= 15 is 0 Å². The van der Waals surface area contributed by atoms with Crippen molar-refractivity contribution < 1.29 is 13.6 Å². The zero-order chi connectivity index (χ0) is 23.8. The number of anilines is 1. The molecule has 5 aromatic rings. The number of imidazole rings is 1. The van der Waals surface area contributed by atoms with E-state index in [1.165, 1.54) is 28.8 Å². The van der Waals surface area contributed by atoms with Crippen molar-refractivity contribution >= 4 is 23.1 Å². The number of aromatic nitrogens is 5. The van der Waals surface area contributed by atoms with Crippen molar-refractivity contribution in [3.8, 4) is 22.5 Å². The van der Waals surface area contributed by atoms with Gasteiger partial charge in [0, 0.05) is 29.9 Å². The Labute approximate surface area is 191 Å². The number of amides is 1. The Morgan fingerprint density at radius 3 is 2.59 bits per heavy atom. The minimum absolute atomic E-state index is 0.136. The third kappa shape index (κ3) is 3.86. The van der Waals surface area contributed by atoms with Crippen molar-refractivity contribution in [3.05, 3.63) is 95.6 Å². The molecule has 1 amide bonds. The molecule has 0 spiro atoms. The summed E-state index contributed by atoms with van der Waals surface area (Å²) in [5.41, 5.74) is 3.14. The van der Waals surface area contributed by atoms with Gasteiger partial charge >= 0.3 is 0 Å². The molecule has 5 rings (SSSR count). The quantitative estimate of drug-likeness (QED) is 0.392. The number of carbonyl (C=O) groups excluding carboxylic acids is 1. The summed E-state index contributed by atoms with van der Waals surface area (Å²) in [6.45, 7) is 7.00. The van der Waals surface area contributed by atoms with Crippen LogP contribution in [0.4, 0.5) is 20.3 Å². The lowest BCUT2D eigenvalue weighted by Crippen LogP contribution is -2.12. The van der Waals surface area contributed by atoms with E-state index in [1.807, 2.05) is 6.20 Å². The fraction of sp³-hybridized carbons (Fsp3) is 0.0417. The summed E-state index contributed by atoms with van der Waals surface area (Å²) in [6, 6.07) is 13.1. The number of nitrogens with one attached hydrogen (secondary N) is 1. The largest absolute Gasteiger partial charge is 0.305 e. The molecule has 8 nitrogen and oxygen atoms in total. The number of hydrogen-bond donors (Lipinski definition) is 1. The molecule has 0 aliphatic carbocycles. The van der Waals surface area contributed by atoms with Gasteiger partial charge in [-0.25, -0.2) is 23.1 Å². The minimum atomic E-state index is -0.689. The number of carbonyl (C=O) groups is 1. The second kappa shape index (κ2) is 8.22. The van der Waals surface area contributed by atoms with Crippen molar-refractivity contribution in [3.63, 3.8) is 0 Å². The number of hydrogen-bond acceptors (Lipinski definition) is 4. The summed E-state index contributed by atoms with van der Waals surface area (Å²) in [7, 11) is 1.79. The SMILES string of the molecule is [C-]#[N+]c1cc(C(=O)Nc2cn3nc(-c4cn(C)nc4-c4ccc(F)cc4)ccc3n2)ccc1F. The maximum atomic E-state index is 13.5. The number of rotatable bonds is 4. The average Bonchev–Trinajstić information content (AvgIpc) is 3.41. The molecular formula is C24H15F2N7O. The van der Waals surface area contributed by atoms with Crippen LogP contribution >= 0.6 is 0 Å². The van der Waals surface area contributed by atoms with E-state index in [1.54, 1.807) is 42.2 Å². The van der Waals surface area contributed by atoms with Gasteiger partial charge in [-0.15, -0.1) is 0 Å². The first-order valence-electron chi connectivity index (χ1n) is 10.1. The van der Waals surface area contributed by atoms with E-state index in [9.17, 15) is 13.6 Å². The molecule has 34 heavy (non-hydrogen) atoms. The lowest BCUT2D eigenvalue weighted by atomic mass is 10.1. The van der Waals surface area contributed by atoms with Crippen molar-refractivity contribution in [2.24, 2.45) is 7.05 Å². The van der Waals surface area contributed by atoms with E-state index in [4.69, 9.17) is 6.57 Å². The smallest absolute Gasteiger partial charge is 0.255 e. The molecule has 10 heteroatoms. The predicted octanol–water partition coefficient (Wildman–Crippen LogP) is 4.88. The second-order valence-corrected chi connectivity index (χ2v) is 7.45. The van der Waals surface area contributed by atoms with Crippen LogP contribution in [0.1, 0.15) is 10.4 Å². The van der Waals surface area contributed by atoms with Crippen LogP contribution in [0.2, 0.25) is 0 Å². The Morgan fingerprint density at radius 1 is 1.03 bits per heavy atom. The summed E-state index contributed by atoms with van der Waals surface area (Å²) in [6.07, 6.45) is 3.36. The minimum Gasteiger partial charge on any atom is -0.305 e. The molecule has 0 saturated heterocycles. The van der Waals surface area contributed by atoms with Gasteiger partial charge in [0.15, 0.2) is 11.5 Å². The molecule has 2 aromatic carbocycles. The van der Waals surface area contributed by atoms with Gasteiger partial charge in [-0.2, -0.15) is 10.2 Å². The lowest BCUT2D eigenvalue weighted by Gasteiger charge is -2.03. The molecule has 1 N–H and O–H groups in total. The van der Waals surface area contributed by atoms with Crippen LogP contribution in [-0.4, -0.2) is 30.3 Å². The Kier molecular flexibility index (Phi) is 5.07. The molecule has 166 valence electrons. The highest BCUT2D eigenvalue weighted by molar-refractivity contribution is 6.04. The van der Waals surface area contributed by atoms with Gasteiger partial charge in [-0.05, 0) is 54.6 Å². The monoisotopic (exact) mass is 455 g/mol. The van der Waals surface area contributed by atoms with Crippen LogP contribution in [0.5, 0.6) is 0 Å². The summed E-state index contributed by atoms with van der Waals surface area (Å²) >= 11 is 0. The standard InChI is InChI=1S/C24H15F2N7O/c1-27-20-11-15(5-8-18(20)26)24(34)29-21-13-33-22(28-21)10-9-19(30-33)17-12-32(2)31-23(17)14-3-6-16(25)7-4-14/h3-13H,2H3,(H,29,34). The van der Waals surface area contributed by atoms with E-state index in [-0.39, 0.29) is 22.9 Å². The Balaban J connectivity index is 1.46. The first-order chi connectivity index (χ1) is 16.4. The van der Waals surface area contributed by atoms with E-state index in [0.29, 0.717) is 17.0 Å². The molecule has 3 heterocycles. The third-order valence-electron chi connectivity index (χ3n) is 5.11. The van der Waals surface area contributed by atoms with Gasteiger partial charge in [-0.1, -0.05) is 0 Å². The van der Waals surface area contributed by atoms with E-state index in [2.05, 4.69) is 25.3 Å². The van der Waals surface area contributed by atoms with Crippen LogP contribution in [0, 0.1) is 18.2 Å². The molecule has 0 saturated carbocycles. The number of fused-ring (bicyclic) bond motifs is 1. The summed E-state index contributed by atoms with van der Waals surface area (Å²) < 4.78 is 30.1. The highest BCUT2D eigenvalue weighted by atomic mass is 19.1. The number of benzene rings is 2. The summed E-state index contributed by atoms with van der Waals surface area (Å²) in [4.78, 5) is 20.0. The topological polar surface area (TPSA) is 81.5 Å². The lowest BCUT2D eigenvalue weighted by molar-refractivity contribution is 0.102. The molecule has 0 bridgehead atoms. The van der Waals surface area contributed by atoms with Crippen LogP contribution in [0.15, 0.2) is 67.0 Å². The molecule has 3 aromatic heterocycles. The van der Waals surface area contributed by atoms with Crippen molar-refractivity contribution in [1.82, 2.24) is 24.4 Å². The summed E-state index contributed by atoms with van der Waals surface area (Å²) in [5.74, 6) is -1.31. The molecule has 0 fully saturated rings. The molecule has 0 unspecified atom stereocenters. The maximum Gasteiger partial charge on any atom is 0.255 e. The average molecular weight is 455 g/mol. The molecular weight excluding hydrogens is 440 g/mol. The fourth-order valence-electron chi connectivity index (χ4n) is 3.51. The Morgan fingerprint density at radius 2 is 1.82 bits per heavy atom. The second-order valence-electron chi connectivity index (χ2n) is 7.45. The van der Waals surface area contributed by atoms with Gasteiger partial charge in [0.05, 0.1) is 18.5 Å². The van der Waals surface area contributed by atoms with E-state index < -0.39 is 11.7 Å². The Hall–Kier alpha value is -4.91. The van der Waals surface area contributed by atoms with Crippen molar-refractivity contribution in [1.29, 1.82) is 0 Å². The summed E-state index contributed by atoms with van der Waals surface area (Å²) in [5, 5.41) is 11.7. The third-order valence-corrected chi connectivity index (χ3v) is 5.11. The van der Waals surface area contributed by atoms with Crippen molar-refractivity contribution in [2.75, 3.05) is 5.32 Å².